The van der Waals surface area contributed by atoms with Crippen LogP contribution in [-0.4, -0.2) is 14.0 Å². The molecule has 218 valence electrons. The summed E-state index contributed by atoms with van der Waals surface area (Å²) in [5.41, 5.74) is 6.67. The highest BCUT2D eigenvalue weighted by molar-refractivity contribution is 7.27. The van der Waals surface area contributed by atoms with Crippen molar-refractivity contribution in [3.8, 4) is 16.9 Å². The van der Waals surface area contributed by atoms with E-state index in [4.69, 9.17) is 4.98 Å². The molecule has 4 heteroatoms. The SMILES string of the molecule is c1ccc2c(c1)sc1c3ccccc3c3c(c21)c1c2ccccc2c2ccccc2c1n3-c1ccc(-c2cn3ccccc3n2)cc1. The number of nitrogens with zero attached hydrogens (tertiary/aromatic N) is 3. The zero-order chi connectivity index (χ0) is 30.6. The Hall–Kier alpha value is -5.97. The van der Waals surface area contributed by atoms with Crippen LogP contribution in [-0.2, 0) is 0 Å². The van der Waals surface area contributed by atoms with Crippen LogP contribution >= 0.6 is 11.3 Å². The molecule has 0 fully saturated rings. The van der Waals surface area contributed by atoms with Crippen molar-refractivity contribution in [3.05, 3.63) is 152 Å². The first-order valence-electron chi connectivity index (χ1n) is 16.0. The predicted molar refractivity (Wildman–Crippen MR) is 200 cm³/mol. The monoisotopic (exact) mass is 615 g/mol. The van der Waals surface area contributed by atoms with E-state index in [0.29, 0.717) is 0 Å². The fourth-order valence-corrected chi connectivity index (χ4v) is 9.18. The van der Waals surface area contributed by atoms with Crippen LogP contribution < -0.4 is 0 Å². The molecule has 0 radical (unpaired) electrons. The molecular formula is C43H25N3S. The van der Waals surface area contributed by atoms with E-state index in [9.17, 15) is 0 Å². The Morgan fingerprint density at radius 1 is 0.468 bits per heavy atom. The normalized spacial score (nSPS) is 12.3. The molecule has 0 saturated heterocycles. The highest BCUT2D eigenvalue weighted by atomic mass is 32.1. The molecule has 4 heterocycles. The van der Waals surface area contributed by atoms with E-state index in [1.165, 1.54) is 74.3 Å². The smallest absolute Gasteiger partial charge is 0.137 e. The first-order chi connectivity index (χ1) is 23.3. The second kappa shape index (κ2) is 9.29. The summed E-state index contributed by atoms with van der Waals surface area (Å²) >= 11 is 1.91. The summed E-state index contributed by atoms with van der Waals surface area (Å²) < 4.78 is 7.30. The quantitative estimate of drug-likeness (QED) is 0.177. The Labute approximate surface area is 273 Å². The highest BCUT2D eigenvalue weighted by Crippen LogP contribution is 2.51. The van der Waals surface area contributed by atoms with Crippen molar-refractivity contribution in [2.24, 2.45) is 0 Å². The molecule has 0 aliphatic carbocycles. The molecule has 3 nitrogen and oxygen atoms in total. The van der Waals surface area contributed by atoms with Crippen LogP contribution in [0.1, 0.15) is 0 Å². The fourth-order valence-electron chi connectivity index (χ4n) is 7.93. The molecule has 11 aromatic rings. The number of aromatic nitrogens is 3. The molecule has 47 heavy (non-hydrogen) atoms. The lowest BCUT2D eigenvalue weighted by Gasteiger charge is -2.13. The number of pyridine rings is 1. The van der Waals surface area contributed by atoms with Gasteiger partial charge in [-0.3, -0.25) is 0 Å². The summed E-state index contributed by atoms with van der Waals surface area (Å²) in [5, 5.41) is 13.0. The van der Waals surface area contributed by atoms with Crippen LogP contribution in [0.4, 0.5) is 0 Å². The lowest BCUT2D eigenvalue weighted by atomic mass is 9.94. The van der Waals surface area contributed by atoms with Crippen molar-refractivity contribution in [2.45, 2.75) is 0 Å². The maximum Gasteiger partial charge on any atom is 0.137 e. The molecule has 11 rings (SSSR count). The minimum Gasteiger partial charge on any atom is -0.308 e. The van der Waals surface area contributed by atoms with Gasteiger partial charge in [0.05, 0.1) is 16.7 Å². The van der Waals surface area contributed by atoms with Gasteiger partial charge in [0.25, 0.3) is 0 Å². The summed E-state index contributed by atoms with van der Waals surface area (Å²) in [6.45, 7) is 0. The van der Waals surface area contributed by atoms with Gasteiger partial charge in [0.2, 0.25) is 0 Å². The maximum atomic E-state index is 4.91. The third-order valence-electron chi connectivity index (χ3n) is 9.90. The summed E-state index contributed by atoms with van der Waals surface area (Å²) in [6.07, 6.45) is 4.16. The average Bonchev–Trinajstić information content (AvgIpc) is 3.84. The highest BCUT2D eigenvalue weighted by Gasteiger charge is 2.25. The largest absolute Gasteiger partial charge is 0.308 e. The molecule has 0 atom stereocenters. The number of hydrogen-bond acceptors (Lipinski definition) is 2. The summed E-state index contributed by atoms with van der Waals surface area (Å²) in [7, 11) is 0. The average molecular weight is 616 g/mol. The molecular weight excluding hydrogens is 591 g/mol. The second-order valence-electron chi connectivity index (χ2n) is 12.4. The van der Waals surface area contributed by atoms with Crippen LogP contribution in [0.5, 0.6) is 0 Å². The third-order valence-corrected chi connectivity index (χ3v) is 11.1. The van der Waals surface area contributed by atoms with Gasteiger partial charge in [0, 0.05) is 70.7 Å². The summed E-state index contributed by atoms with van der Waals surface area (Å²) in [6, 6.07) is 50.9. The number of thiophene rings is 1. The van der Waals surface area contributed by atoms with E-state index < -0.39 is 0 Å². The van der Waals surface area contributed by atoms with Gasteiger partial charge in [0.1, 0.15) is 5.65 Å². The summed E-state index contributed by atoms with van der Waals surface area (Å²) in [5.74, 6) is 0. The minimum atomic E-state index is 0.950. The molecule has 0 amide bonds. The van der Waals surface area contributed by atoms with Crippen LogP contribution in [0.2, 0.25) is 0 Å². The molecule has 7 aromatic carbocycles. The van der Waals surface area contributed by atoms with Gasteiger partial charge >= 0.3 is 0 Å². The molecule has 0 aliphatic heterocycles. The maximum absolute atomic E-state index is 4.91. The van der Waals surface area contributed by atoms with E-state index in [0.717, 1.165) is 22.6 Å². The molecule has 0 unspecified atom stereocenters. The number of imidazole rings is 1. The van der Waals surface area contributed by atoms with E-state index in [-0.39, 0.29) is 0 Å². The van der Waals surface area contributed by atoms with Crippen LogP contribution in [0.3, 0.4) is 0 Å². The third kappa shape index (κ3) is 3.37. The zero-order valence-corrected chi connectivity index (χ0v) is 26.0. The Morgan fingerprint density at radius 3 is 1.83 bits per heavy atom. The Morgan fingerprint density at radius 2 is 1.06 bits per heavy atom. The predicted octanol–water partition coefficient (Wildman–Crippen LogP) is 11.9. The summed E-state index contributed by atoms with van der Waals surface area (Å²) in [4.78, 5) is 4.91. The minimum absolute atomic E-state index is 0.950. The molecule has 0 N–H and O–H groups in total. The van der Waals surface area contributed by atoms with Gasteiger partial charge in [-0.15, -0.1) is 11.3 Å². The molecule has 0 aliphatic rings. The van der Waals surface area contributed by atoms with Crippen LogP contribution in [0, 0.1) is 0 Å². The lowest BCUT2D eigenvalue weighted by Crippen LogP contribution is -1.96. The fraction of sp³-hybridized carbons (Fsp3) is 0. The molecule has 0 spiro atoms. The number of hydrogen-bond donors (Lipinski definition) is 0. The number of fused-ring (bicyclic) bond motifs is 16. The first-order valence-corrected chi connectivity index (χ1v) is 16.8. The lowest BCUT2D eigenvalue weighted by molar-refractivity contribution is 1.19. The Kier molecular flexibility index (Phi) is 4.99. The van der Waals surface area contributed by atoms with E-state index >= 15 is 0 Å². The van der Waals surface area contributed by atoms with Gasteiger partial charge in [0.15, 0.2) is 0 Å². The van der Waals surface area contributed by atoms with Crippen molar-refractivity contribution in [1.82, 2.24) is 14.0 Å². The van der Waals surface area contributed by atoms with Gasteiger partial charge in [-0.25, -0.2) is 4.98 Å². The van der Waals surface area contributed by atoms with Gasteiger partial charge in [-0.2, -0.15) is 0 Å². The van der Waals surface area contributed by atoms with Crippen molar-refractivity contribution in [2.75, 3.05) is 0 Å². The van der Waals surface area contributed by atoms with E-state index in [1.807, 2.05) is 35.7 Å². The standard InChI is InChI=1S/C43H25N3S/c1-3-13-30-28(11-1)29-12-2-4-14-31(29)41-38(30)40-39-34-17-7-8-18-36(34)47-43(39)33-16-6-5-15-32(33)42(40)46(41)27-22-20-26(21-23-27)35-25-45-24-10-9-19-37(45)44-35/h1-25H. The Balaban J connectivity index is 1.37. The number of benzene rings is 7. The van der Waals surface area contributed by atoms with E-state index in [2.05, 4.69) is 136 Å². The molecule has 0 saturated carbocycles. The topological polar surface area (TPSA) is 22.2 Å². The molecule has 4 aromatic heterocycles. The van der Waals surface area contributed by atoms with Gasteiger partial charge < -0.3 is 8.97 Å². The zero-order valence-electron chi connectivity index (χ0n) is 25.2. The van der Waals surface area contributed by atoms with Crippen LogP contribution in [0.25, 0.3) is 96.9 Å². The van der Waals surface area contributed by atoms with Crippen molar-refractivity contribution < 1.29 is 0 Å². The van der Waals surface area contributed by atoms with Crippen molar-refractivity contribution >= 4 is 91.3 Å². The van der Waals surface area contributed by atoms with Crippen molar-refractivity contribution in [3.63, 3.8) is 0 Å². The first kappa shape index (κ1) is 25.2. The number of rotatable bonds is 2. The molecule has 0 bridgehead atoms. The Bertz CT molecular complexity index is 3030. The van der Waals surface area contributed by atoms with Crippen molar-refractivity contribution in [1.29, 1.82) is 0 Å². The van der Waals surface area contributed by atoms with Gasteiger partial charge in [-0.1, -0.05) is 109 Å². The van der Waals surface area contributed by atoms with E-state index in [1.54, 1.807) is 0 Å². The van der Waals surface area contributed by atoms with Crippen LogP contribution in [0.15, 0.2) is 152 Å². The second-order valence-corrected chi connectivity index (χ2v) is 13.4. The van der Waals surface area contributed by atoms with Gasteiger partial charge in [-0.05, 0) is 46.5 Å².